The molecule has 25 heavy (non-hydrogen) atoms. The van der Waals surface area contributed by atoms with Crippen molar-refractivity contribution in [2.24, 2.45) is 0 Å². The van der Waals surface area contributed by atoms with Crippen LogP contribution in [0.3, 0.4) is 0 Å². The van der Waals surface area contributed by atoms with Crippen molar-refractivity contribution in [1.29, 1.82) is 0 Å². The number of hydrogen-bond acceptors (Lipinski definition) is 4. The predicted molar refractivity (Wildman–Crippen MR) is 100 cm³/mol. The average Bonchev–Trinajstić information content (AvgIpc) is 2.60. The van der Waals surface area contributed by atoms with Gasteiger partial charge in [-0.3, -0.25) is 4.79 Å². The third-order valence-corrected chi connectivity index (χ3v) is 3.92. The molecule has 0 unspecified atom stereocenters. The van der Waals surface area contributed by atoms with E-state index < -0.39 is 0 Å². The molecule has 1 amide bonds. The van der Waals surface area contributed by atoms with E-state index in [0.717, 1.165) is 28.1 Å². The molecular weight excluding hydrogens is 312 g/mol. The molecule has 3 rings (SSSR count). The Hall–Kier alpha value is -3.21. The number of anilines is 3. The minimum atomic E-state index is -0.263. The van der Waals surface area contributed by atoms with Crippen molar-refractivity contribution in [3.05, 3.63) is 77.1 Å². The lowest BCUT2D eigenvalue weighted by Crippen LogP contribution is -2.15. The lowest BCUT2D eigenvalue weighted by atomic mass is 10.1. The van der Waals surface area contributed by atoms with Gasteiger partial charge in [-0.25, -0.2) is 9.97 Å². The Bertz CT molecular complexity index is 921. The van der Waals surface area contributed by atoms with Gasteiger partial charge in [-0.05, 0) is 55.7 Å². The first-order valence-corrected chi connectivity index (χ1v) is 8.07. The maximum atomic E-state index is 12.5. The maximum absolute atomic E-state index is 12.5. The summed E-state index contributed by atoms with van der Waals surface area (Å²) in [6.07, 6.45) is 1.58. The molecule has 0 fully saturated rings. The molecule has 3 aromatic rings. The van der Waals surface area contributed by atoms with Gasteiger partial charge in [-0.15, -0.1) is 0 Å². The van der Waals surface area contributed by atoms with Gasteiger partial charge in [0.05, 0.1) is 0 Å². The second kappa shape index (κ2) is 7.13. The molecule has 1 heterocycles. The molecular formula is C20H20N4O. The van der Waals surface area contributed by atoms with Crippen molar-refractivity contribution in [2.75, 3.05) is 10.6 Å². The highest BCUT2D eigenvalue weighted by Gasteiger charge is 2.11. The summed E-state index contributed by atoms with van der Waals surface area (Å²) in [7, 11) is 0. The van der Waals surface area contributed by atoms with E-state index in [1.165, 1.54) is 0 Å². The fourth-order valence-electron chi connectivity index (χ4n) is 2.44. The Morgan fingerprint density at radius 2 is 1.68 bits per heavy atom. The van der Waals surface area contributed by atoms with Gasteiger partial charge >= 0.3 is 0 Å². The monoisotopic (exact) mass is 332 g/mol. The van der Waals surface area contributed by atoms with Crippen LogP contribution in [0.15, 0.2) is 54.7 Å². The van der Waals surface area contributed by atoms with Crippen LogP contribution < -0.4 is 10.6 Å². The molecule has 0 aliphatic heterocycles. The molecule has 0 spiro atoms. The molecule has 0 aliphatic carbocycles. The van der Waals surface area contributed by atoms with Gasteiger partial charge in [0.15, 0.2) is 0 Å². The first-order valence-electron chi connectivity index (χ1n) is 8.07. The summed E-state index contributed by atoms with van der Waals surface area (Å²) in [5, 5.41) is 6.06. The SMILES string of the molecule is Cc1ccc(C)c(Nc2nccc(C(=O)Nc3ccccc3C)n2)c1. The number of para-hydroxylation sites is 1. The van der Waals surface area contributed by atoms with Crippen molar-refractivity contribution in [3.63, 3.8) is 0 Å². The number of aromatic nitrogens is 2. The van der Waals surface area contributed by atoms with Crippen LogP contribution in [0.1, 0.15) is 27.2 Å². The quantitative estimate of drug-likeness (QED) is 0.743. The van der Waals surface area contributed by atoms with Crippen LogP contribution in [0.4, 0.5) is 17.3 Å². The minimum Gasteiger partial charge on any atom is -0.324 e. The molecule has 5 nitrogen and oxygen atoms in total. The minimum absolute atomic E-state index is 0.263. The van der Waals surface area contributed by atoms with E-state index in [1.54, 1.807) is 12.3 Å². The van der Waals surface area contributed by atoms with Crippen molar-refractivity contribution < 1.29 is 4.79 Å². The van der Waals surface area contributed by atoms with E-state index in [1.807, 2.05) is 63.2 Å². The second-order valence-electron chi connectivity index (χ2n) is 5.98. The van der Waals surface area contributed by atoms with E-state index in [9.17, 15) is 4.79 Å². The van der Waals surface area contributed by atoms with Crippen molar-refractivity contribution >= 4 is 23.2 Å². The van der Waals surface area contributed by atoms with E-state index >= 15 is 0 Å². The Morgan fingerprint density at radius 3 is 2.48 bits per heavy atom. The maximum Gasteiger partial charge on any atom is 0.274 e. The average molecular weight is 332 g/mol. The van der Waals surface area contributed by atoms with Crippen LogP contribution in [-0.2, 0) is 0 Å². The highest BCUT2D eigenvalue weighted by atomic mass is 16.1. The van der Waals surface area contributed by atoms with Gasteiger partial charge in [0.25, 0.3) is 5.91 Å². The van der Waals surface area contributed by atoms with Crippen LogP contribution in [0.5, 0.6) is 0 Å². The number of nitrogens with one attached hydrogen (secondary N) is 2. The van der Waals surface area contributed by atoms with Gasteiger partial charge in [0.1, 0.15) is 5.69 Å². The summed E-state index contributed by atoms with van der Waals surface area (Å²) in [6, 6.07) is 15.3. The Labute approximate surface area is 147 Å². The fourth-order valence-corrected chi connectivity index (χ4v) is 2.44. The third-order valence-electron chi connectivity index (χ3n) is 3.92. The number of carbonyl (C=O) groups is 1. The van der Waals surface area contributed by atoms with Gasteiger partial charge in [-0.1, -0.05) is 30.3 Å². The third kappa shape index (κ3) is 4.01. The molecule has 1 aromatic heterocycles. The summed E-state index contributed by atoms with van der Waals surface area (Å²) in [5.74, 6) is 0.131. The molecule has 5 heteroatoms. The van der Waals surface area contributed by atoms with Gasteiger partial charge in [0, 0.05) is 17.6 Å². The normalized spacial score (nSPS) is 10.4. The number of benzene rings is 2. The van der Waals surface area contributed by atoms with Gasteiger partial charge in [0.2, 0.25) is 5.95 Å². The van der Waals surface area contributed by atoms with Crippen LogP contribution in [0.25, 0.3) is 0 Å². The molecule has 126 valence electrons. The number of carbonyl (C=O) groups excluding carboxylic acids is 1. The van der Waals surface area contributed by atoms with Crippen LogP contribution in [0, 0.1) is 20.8 Å². The number of rotatable bonds is 4. The summed E-state index contributed by atoms with van der Waals surface area (Å²) in [4.78, 5) is 21.0. The fraction of sp³-hybridized carbons (Fsp3) is 0.150. The molecule has 0 saturated heterocycles. The molecule has 0 bridgehead atoms. The van der Waals surface area contributed by atoms with Crippen molar-refractivity contribution in [2.45, 2.75) is 20.8 Å². The van der Waals surface area contributed by atoms with E-state index in [-0.39, 0.29) is 5.91 Å². The molecule has 0 aliphatic rings. The summed E-state index contributed by atoms with van der Waals surface area (Å²) in [5.41, 5.74) is 5.24. The first kappa shape index (κ1) is 16.6. The summed E-state index contributed by atoms with van der Waals surface area (Å²) in [6.45, 7) is 5.98. The number of aryl methyl sites for hydroxylation is 3. The Morgan fingerprint density at radius 1 is 0.920 bits per heavy atom. The topological polar surface area (TPSA) is 66.9 Å². The smallest absolute Gasteiger partial charge is 0.274 e. The molecule has 0 radical (unpaired) electrons. The number of nitrogens with zero attached hydrogens (tertiary/aromatic N) is 2. The van der Waals surface area contributed by atoms with E-state index in [2.05, 4.69) is 20.6 Å². The lowest BCUT2D eigenvalue weighted by Gasteiger charge is -2.11. The Kier molecular flexibility index (Phi) is 4.75. The number of hydrogen-bond donors (Lipinski definition) is 2. The van der Waals surface area contributed by atoms with E-state index in [0.29, 0.717) is 11.6 Å². The molecule has 0 atom stereocenters. The zero-order valence-electron chi connectivity index (χ0n) is 14.5. The van der Waals surface area contributed by atoms with Crippen molar-refractivity contribution in [3.8, 4) is 0 Å². The zero-order chi connectivity index (χ0) is 17.8. The molecule has 2 aromatic carbocycles. The standard InChI is InChI=1S/C20H20N4O/c1-13-8-9-15(3)18(12-13)24-20-21-11-10-17(23-20)19(25)22-16-7-5-4-6-14(16)2/h4-12H,1-3H3,(H,22,25)(H,21,23,24). The largest absolute Gasteiger partial charge is 0.324 e. The van der Waals surface area contributed by atoms with Gasteiger partial charge in [-0.2, -0.15) is 0 Å². The molecule has 2 N–H and O–H groups in total. The van der Waals surface area contributed by atoms with Gasteiger partial charge < -0.3 is 10.6 Å². The van der Waals surface area contributed by atoms with Crippen molar-refractivity contribution in [1.82, 2.24) is 9.97 Å². The summed E-state index contributed by atoms with van der Waals surface area (Å²) >= 11 is 0. The molecule has 0 saturated carbocycles. The highest BCUT2D eigenvalue weighted by molar-refractivity contribution is 6.03. The van der Waals surface area contributed by atoms with Crippen LogP contribution in [0.2, 0.25) is 0 Å². The zero-order valence-corrected chi connectivity index (χ0v) is 14.5. The predicted octanol–water partition coefficient (Wildman–Crippen LogP) is 4.40. The van der Waals surface area contributed by atoms with Crippen LogP contribution in [-0.4, -0.2) is 15.9 Å². The lowest BCUT2D eigenvalue weighted by molar-refractivity contribution is 0.102. The number of amides is 1. The van der Waals surface area contributed by atoms with E-state index in [4.69, 9.17) is 0 Å². The summed E-state index contributed by atoms with van der Waals surface area (Å²) < 4.78 is 0. The first-order chi connectivity index (χ1) is 12.0. The van der Waals surface area contributed by atoms with Crippen LogP contribution >= 0.6 is 0 Å². The second-order valence-corrected chi connectivity index (χ2v) is 5.98. The highest BCUT2D eigenvalue weighted by Crippen LogP contribution is 2.20. The Balaban J connectivity index is 1.80.